The molecule has 4 aromatic rings. The smallest absolute Gasteiger partial charge is 0.195 e. The molecule has 0 fully saturated rings. The monoisotopic (exact) mass is 431 g/mol. The molecule has 0 aliphatic carbocycles. The Morgan fingerprint density at radius 1 is 0.871 bits per heavy atom. The number of ketones is 1. The molecular formula is C26H25NO3S. The number of methoxy groups -OCH3 is 2. The van der Waals surface area contributed by atoms with Crippen LogP contribution in [0.5, 0.6) is 11.5 Å². The van der Waals surface area contributed by atoms with E-state index in [9.17, 15) is 4.79 Å². The van der Waals surface area contributed by atoms with Crippen molar-refractivity contribution in [3.05, 3.63) is 83.4 Å². The minimum atomic E-state index is 0.0265. The number of hydrogen-bond donors (Lipinski definition) is 0. The molecule has 0 bridgehead atoms. The van der Waals surface area contributed by atoms with E-state index in [-0.39, 0.29) is 5.78 Å². The average molecular weight is 432 g/mol. The third-order valence-corrected chi connectivity index (χ3v) is 6.39. The maximum atomic E-state index is 13.7. The number of nitrogens with zero attached hydrogens (tertiary/aromatic N) is 1. The number of carbonyl (C=O) groups excluding carboxylic acids is 1. The van der Waals surface area contributed by atoms with Gasteiger partial charge in [-0.15, -0.1) is 11.3 Å². The molecule has 4 rings (SSSR count). The summed E-state index contributed by atoms with van der Waals surface area (Å²) in [5, 5.41) is 0.944. The first-order chi connectivity index (χ1) is 15.0. The highest BCUT2D eigenvalue weighted by atomic mass is 32.1. The fourth-order valence-corrected chi connectivity index (χ4v) is 4.88. The van der Waals surface area contributed by atoms with Gasteiger partial charge in [0.25, 0.3) is 0 Å². The van der Waals surface area contributed by atoms with Crippen LogP contribution in [0.25, 0.3) is 20.5 Å². The van der Waals surface area contributed by atoms with Gasteiger partial charge in [0.2, 0.25) is 0 Å². The van der Waals surface area contributed by atoms with Crippen LogP contribution in [-0.2, 0) is 6.54 Å². The summed E-state index contributed by atoms with van der Waals surface area (Å²) in [5.41, 5.74) is 3.59. The Morgan fingerprint density at radius 3 is 2.13 bits per heavy atom. The van der Waals surface area contributed by atoms with Crippen molar-refractivity contribution in [2.24, 2.45) is 0 Å². The van der Waals surface area contributed by atoms with E-state index in [2.05, 4.69) is 4.90 Å². The molecule has 0 aliphatic heterocycles. The minimum absolute atomic E-state index is 0.0265. The summed E-state index contributed by atoms with van der Waals surface area (Å²) in [4.78, 5) is 16.7. The highest BCUT2D eigenvalue weighted by molar-refractivity contribution is 7.22. The van der Waals surface area contributed by atoms with Gasteiger partial charge in [-0.1, -0.05) is 24.3 Å². The summed E-state index contributed by atoms with van der Waals surface area (Å²) in [7, 11) is 7.37. The minimum Gasteiger partial charge on any atom is -0.497 e. The molecule has 0 aliphatic rings. The predicted molar refractivity (Wildman–Crippen MR) is 128 cm³/mol. The van der Waals surface area contributed by atoms with Crippen molar-refractivity contribution in [2.75, 3.05) is 28.3 Å². The van der Waals surface area contributed by atoms with E-state index in [4.69, 9.17) is 9.47 Å². The Bertz CT molecular complexity index is 1210. The second kappa shape index (κ2) is 8.92. The number of benzene rings is 3. The highest BCUT2D eigenvalue weighted by Crippen LogP contribution is 2.41. The maximum absolute atomic E-state index is 13.7. The van der Waals surface area contributed by atoms with Gasteiger partial charge in [0, 0.05) is 32.6 Å². The van der Waals surface area contributed by atoms with Gasteiger partial charge in [0.1, 0.15) is 11.5 Å². The summed E-state index contributed by atoms with van der Waals surface area (Å²) in [6.07, 6.45) is 0. The van der Waals surface area contributed by atoms with E-state index in [1.165, 1.54) is 5.56 Å². The first-order valence-electron chi connectivity index (χ1n) is 10.0. The number of fused-ring (bicyclic) bond motifs is 1. The van der Waals surface area contributed by atoms with E-state index < -0.39 is 0 Å². The summed E-state index contributed by atoms with van der Waals surface area (Å²) in [6.45, 7) is 0.840. The Kier molecular flexibility index (Phi) is 6.07. The summed E-state index contributed by atoms with van der Waals surface area (Å²) < 4.78 is 11.7. The van der Waals surface area contributed by atoms with Crippen LogP contribution in [0.4, 0.5) is 0 Å². The van der Waals surface area contributed by atoms with Crippen LogP contribution in [0.3, 0.4) is 0 Å². The van der Waals surface area contributed by atoms with Gasteiger partial charge in [0.05, 0.1) is 14.2 Å². The molecule has 0 N–H and O–H groups in total. The van der Waals surface area contributed by atoms with Crippen molar-refractivity contribution in [3.8, 4) is 21.9 Å². The van der Waals surface area contributed by atoms with Crippen molar-refractivity contribution in [1.29, 1.82) is 0 Å². The summed E-state index contributed by atoms with van der Waals surface area (Å²) in [6, 6.07) is 21.6. The Morgan fingerprint density at radius 2 is 1.52 bits per heavy atom. The molecule has 0 saturated heterocycles. The second-order valence-electron chi connectivity index (χ2n) is 7.66. The van der Waals surface area contributed by atoms with Gasteiger partial charge in [-0.3, -0.25) is 4.79 Å². The molecule has 0 spiro atoms. The third kappa shape index (κ3) is 4.33. The molecule has 5 heteroatoms. The third-order valence-electron chi connectivity index (χ3n) is 5.19. The Hall–Kier alpha value is -3.15. The molecule has 31 heavy (non-hydrogen) atoms. The van der Waals surface area contributed by atoms with Crippen LogP contribution >= 0.6 is 11.3 Å². The maximum Gasteiger partial charge on any atom is 0.195 e. The normalized spacial score (nSPS) is 11.1. The van der Waals surface area contributed by atoms with Gasteiger partial charge in [0.15, 0.2) is 5.78 Å². The number of rotatable bonds is 7. The first kappa shape index (κ1) is 21.1. The SMILES string of the molecule is COc1ccc(-c2sc3cc(OC)ccc3c2C(=O)c2ccc(CN(C)C)cc2)cc1. The highest BCUT2D eigenvalue weighted by Gasteiger charge is 2.22. The van der Waals surface area contributed by atoms with Crippen molar-refractivity contribution in [2.45, 2.75) is 6.54 Å². The average Bonchev–Trinajstić information content (AvgIpc) is 3.17. The molecule has 0 amide bonds. The van der Waals surface area contributed by atoms with E-state index in [1.54, 1.807) is 25.6 Å². The van der Waals surface area contributed by atoms with Crippen LogP contribution in [0.15, 0.2) is 66.7 Å². The van der Waals surface area contributed by atoms with E-state index >= 15 is 0 Å². The fourth-order valence-electron chi connectivity index (χ4n) is 3.65. The van der Waals surface area contributed by atoms with Gasteiger partial charge >= 0.3 is 0 Å². The zero-order chi connectivity index (χ0) is 22.0. The van der Waals surface area contributed by atoms with Crippen LogP contribution in [-0.4, -0.2) is 39.0 Å². The number of carbonyl (C=O) groups is 1. The van der Waals surface area contributed by atoms with Crippen LogP contribution in [0.2, 0.25) is 0 Å². The number of ether oxygens (including phenoxy) is 2. The standard InChI is InChI=1S/C26H25NO3S/c1-27(2)16-17-5-7-18(8-6-17)25(28)24-22-14-13-21(30-4)15-23(22)31-26(24)19-9-11-20(29-3)12-10-19/h5-15H,16H2,1-4H3. The molecule has 3 aromatic carbocycles. The Labute approximate surface area is 186 Å². The number of thiophene rings is 1. The second-order valence-corrected chi connectivity index (χ2v) is 8.71. The largest absolute Gasteiger partial charge is 0.497 e. The van der Waals surface area contributed by atoms with E-state index in [0.29, 0.717) is 5.56 Å². The van der Waals surface area contributed by atoms with Crippen LogP contribution in [0, 0.1) is 0 Å². The zero-order valence-electron chi connectivity index (χ0n) is 18.1. The summed E-state index contributed by atoms with van der Waals surface area (Å²) >= 11 is 1.61. The lowest BCUT2D eigenvalue weighted by atomic mass is 9.97. The molecule has 1 aromatic heterocycles. The van der Waals surface area contributed by atoms with Crippen molar-refractivity contribution in [3.63, 3.8) is 0 Å². The molecule has 0 unspecified atom stereocenters. The zero-order valence-corrected chi connectivity index (χ0v) is 19.0. The lowest BCUT2D eigenvalue weighted by Gasteiger charge is -2.10. The van der Waals surface area contributed by atoms with Crippen molar-refractivity contribution >= 4 is 27.2 Å². The molecule has 4 nitrogen and oxygen atoms in total. The van der Waals surface area contributed by atoms with Crippen molar-refractivity contribution < 1.29 is 14.3 Å². The van der Waals surface area contributed by atoms with E-state index in [0.717, 1.165) is 44.1 Å². The molecule has 0 atom stereocenters. The molecule has 0 saturated carbocycles. The van der Waals surface area contributed by atoms with Gasteiger partial charge in [-0.25, -0.2) is 0 Å². The topological polar surface area (TPSA) is 38.8 Å². The molecular weight excluding hydrogens is 406 g/mol. The molecule has 0 radical (unpaired) electrons. The first-order valence-corrected chi connectivity index (χ1v) is 10.8. The van der Waals surface area contributed by atoms with Gasteiger partial charge < -0.3 is 14.4 Å². The van der Waals surface area contributed by atoms with Crippen LogP contribution in [0.1, 0.15) is 21.5 Å². The fraction of sp³-hybridized carbons (Fsp3) is 0.192. The molecule has 158 valence electrons. The quantitative estimate of drug-likeness (QED) is 0.343. The lowest BCUT2D eigenvalue weighted by molar-refractivity contribution is 0.104. The van der Waals surface area contributed by atoms with E-state index in [1.807, 2.05) is 80.8 Å². The van der Waals surface area contributed by atoms with Gasteiger partial charge in [-0.2, -0.15) is 0 Å². The Balaban J connectivity index is 1.83. The van der Waals surface area contributed by atoms with Crippen LogP contribution < -0.4 is 9.47 Å². The molecule has 1 heterocycles. The van der Waals surface area contributed by atoms with Gasteiger partial charge in [-0.05, 0) is 67.7 Å². The van der Waals surface area contributed by atoms with Crippen molar-refractivity contribution in [1.82, 2.24) is 4.90 Å². The lowest BCUT2D eigenvalue weighted by Crippen LogP contribution is -2.10. The summed E-state index contributed by atoms with van der Waals surface area (Å²) in [5.74, 6) is 1.59. The number of hydrogen-bond acceptors (Lipinski definition) is 5. The predicted octanol–water partition coefficient (Wildman–Crippen LogP) is 5.88.